The number of nitrogens with zero attached hydrogens (tertiary/aromatic N) is 1. The van der Waals surface area contributed by atoms with Crippen molar-refractivity contribution < 1.29 is 8.42 Å². The van der Waals surface area contributed by atoms with Crippen LogP contribution in [-0.4, -0.2) is 18.6 Å². The second-order valence-corrected chi connectivity index (χ2v) is 6.15. The van der Waals surface area contributed by atoms with Gasteiger partial charge in [0.15, 0.2) is 0 Å². The summed E-state index contributed by atoms with van der Waals surface area (Å²) in [5, 5.41) is 6.93. The summed E-state index contributed by atoms with van der Waals surface area (Å²) < 4.78 is 26.5. The summed E-state index contributed by atoms with van der Waals surface area (Å²) in [5.74, 6) is 0. The summed E-state index contributed by atoms with van der Waals surface area (Å²) in [6, 6.07) is 4.46. The number of anilines is 1. The molecule has 0 aliphatic heterocycles. The van der Waals surface area contributed by atoms with E-state index in [1.165, 1.54) is 24.4 Å². The lowest BCUT2D eigenvalue weighted by Crippen LogP contribution is -2.13. The molecule has 2 aromatic rings. The number of benzene rings is 1. The molecule has 0 fully saturated rings. The number of sulfonamides is 1. The Morgan fingerprint density at radius 3 is 2.33 bits per heavy atom. The Bertz CT molecular complexity index is 662. The summed E-state index contributed by atoms with van der Waals surface area (Å²) in [5.41, 5.74) is 0.753. The summed E-state index contributed by atoms with van der Waals surface area (Å²) in [7, 11) is -3.70. The molecule has 0 radical (unpaired) electrons. The Morgan fingerprint density at radius 1 is 1.22 bits per heavy atom. The van der Waals surface area contributed by atoms with Gasteiger partial charge in [0.1, 0.15) is 4.90 Å². The van der Waals surface area contributed by atoms with Crippen molar-refractivity contribution in [3.05, 3.63) is 40.1 Å². The highest BCUT2D eigenvalue weighted by molar-refractivity contribution is 7.92. The van der Waals surface area contributed by atoms with Gasteiger partial charge in [-0.05, 0) is 25.1 Å². The molecule has 0 bridgehead atoms. The SMILES string of the molecule is Cc1[nH]ncc1S(=O)(=O)Nc1cc(Cl)cc(Cl)c1. The molecular formula is C10H9Cl2N3O2S. The molecule has 18 heavy (non-hydrogen) atoms. The van der Waals surface area contributed by atoms with E-state index in [4.69, 9.17) is 23.2 Å². The van der Waals surface area contributed by atoms with Gasteiger partial charge < -0.3 is 0 Å². The molecule has 8 heteroatoms. The maximum absolute atomic E-state index is 12.0. The molecule has 0 aliphatic rings. The van der Waals surface area contributed by atoms with Crippen LogP contribution < -0.4 is 4.72 Å². The number of H-pyrrole nitrogens is 1. The zero-order chi connectivity index (χ0) is 13.3. The number of hydrogen-bond acceptors (Lipinski definition) is 3. The molecule has 0 spiro atoms. The second-order valence-electron chi connectivity index (χ2n) is 3.62. The van der Waals surface area contributed by atoms with Gasteiger partial charge >= 0.3 is 0 Å². The van der Waals surface area contributed by atoms with Crippen LogP contribution in [0.1, 0.15) is 5.69 Å². The third-order valence-electron chi connectivity index (χ3n) is 2.19. The molecule has 96 valence electrons. The Balaban J connectivity index is 2.37. The van der Waals surface area contributed by atoms with Gasteiger partial charge in [-0.1, -0.05) is 23.2 Å². The third kappa shape index (κ3) is 2.77. The second kappa shape index (κ2) is 4.79. The summed E-state index contributed by atoms with van der Waals surface area (Å²) in [6.45, 7) is 1.62. The monoisotopic (exact) mass is 305 g/mol. The molecule has 0 atom stereocenters. The highest BCUT2D eigenvalue weighted by Crippen LogP contribution is 2.25. The number of nitrogens with one attached hydrogen (secondary N) is 2. The molecular weight excluding hydrogens is 297 g/mol. The summed E-state index contributed by atoms with van der Waals surface area (Å²) >= 11 is 11.6. The average molecular weight is 306 g/mol. The van der Waals surface area contributed by atoms with E-state index >= 15 is 0 Å². The molecule has 5 nitrogen and oxygen atoms in total. The predicted molar refractivity (Wildman–Crippen MR) is 70.6 cm³/mol. The number of rotatable bonds is 3. The van der Waals surface area contributed by atoms with Crippen LogP contribution in [0.5, 0.6) is 0 Å². The molecule has 2 N–H and O–H groups in total. The van der Waals surface area contributed by atoms with E-state index in [1.807, 2.05) is 0 Å². The molecule has 0 unspecified atom stereocenters. The Labute approximate surface area is 114 Å². The molecule has 1 aromatic heterocycles. The van der Waals surface area contributed by atoms with Crippen LogP contribution in [0.4, 0.5) is 5.69 Å². The van der Waals surface area contributed by atoms with E-state index in [2.05, 4.69) is 14.9 Å². The topological polar surface area (TPSA) is 74.8 Å². The van der Waals surface area contributed by atoms with Crippen molar-refractivity contribution >= 4 is 38.9 Å². The number of hydrogen-bond donors (Lipinski definition) is 2. The number of aromatic amines is 1. The van der Waals surface area contributed by atoms with E-state index in [9.17, 15) is 8.42 Å². The Hall–Kier alpha value is -1.24. The normalized spacial score (nSPS) is 11.5. The third-order valence-corrected chi connectivity index (χ3v) is 4.12. The molecule has 1 aromatic carbocycles. The van der Waals surface area contributed by atoms with Gasteiger partial charge in [0.05, 0.1) is 17.6 Å². The van der Waals surface area contributed by atoms with Crippen molar-refractivity contribution in [3.63, 3.8) is 0 Å². The fraction of sp³-hybridized carbons (Fsp3) is 0.100. The van der Waals surface area contributed by atoms with Crippen LogP contribution in [0.15, 0.2) is 29.3 Å². The van der Waals surface area contributed by atoms with Crippen molar-refractivity contribution in [2.45, 2.75) is 11.8 Å². The average Bonchev–Trinajstić information content (AvgIpc) is 2.62. The smallest absolute Gasteiger partial charge is 0.265 e. The maximum atomic E-state index is 12.0. The molecule has 1 heterocycles. The fourth-order valence-corrected chi connectivity index (χ4v) is 3.14. The lowest BCUT2D eigenvalue weighted by Gasteiger charge is -2.07. The van der Waals surface area contributed by atoms with Crippen molar-refractivity contribution in [2.75, 3.05) is 4.72 Å². The highest BCUT2D eigenvalue weighted by Gasteiger charge is 2.18. The van der Waals surface area contributed by atoms with Crippen molar-refractivity contribution in [2.24, 2.45) is 0 Å². The molecule has 0 saturated heterocycles. The van der Waals surface area contributed by atoms with Crippen LogP contribution in [0.3, 0.4) is 0 Å². The van der Waals surface area contributed by atoms with Crippen LogP contribution in [0, 0.1) is 6.92 Å². The highest BCUT2D eigenvalue weighted by atomic mass is 35.5. The zero-order valence-corrected chi connectivity index (χ0v) is 11.6. The van der Waals surface area contributed by atoms with Gasteiger partial charge in [-0.25, -0.2) is 8.42 Å². The molecule has 0 amide bonds. The number of halogens is 2. The van der Waals surface area contributed by atoms with Gasteiger partial charge in [-0.2, -0.15) is 5.10 Å². The van der Waals surface area contributed by atoms with Crippen molar-refractivity contribution in [1.82, 2.24) is 10.2 Å². The van der Waals surface area contributed by atoms with Crippen LogP contribution in [0.25, 0.3) is 0 Å². The fourth-order valence-electron chi connectivity index (χ4n) is 1.43. The number of aryl methyl sites for hydroxylation is 1. The van der Waals surface area contributed by atoms with Crippen LogP contribution in [0.2, 0.25) is 10.0 Å². The lowest BCUT2D eigenvalue weighted by molar-refractivity contribution is 0.600. The first-order chi connectivity index (χ1) is 8.38. The van der Waals surface area contributed by atoms with Gasteiger partial charge in [-0.15, -0.1) is 0 Å². The minimum atomic E-state index is -3.70. The first-order valence-electron chi connectivity index (χ1n) is 4.87. The largest absolute Gasteiger partial charge is 0.281 e. The molecule has 0 saturated carbocycles. The maximum Gasteiger partial charge on any atom is 0.265 e. The Morgan fingerprint density at radius 2 is 1.83 bits per heavy atom. The van der Waals surface area contributed by atoms with E-state index in [0.717, 1.165) is 0 Å². The van der Waals surface area contributed by atoms with E-state index in [0.29, 0.717) is 21.4 Å². The van der Waals surface area contributed by atoms with Gasteiger partial charge in [-0.3, -0.25) is 9.82 Å². The minimum absolute atomic E-state index is 0.0820. The van der Waals surface area contributed by atoms with Crippen molar-refractivity contribution in [1.29, 1.82) is 0 Å². The Kier molecular flexibility index (Phi) is 3.52. The van der Waals surface area contributed by atoms with Crippen LogP contribution in [-0.2, 0) is 10.0 Å². The quantitative estimate of drug-likeness (QED) is 0.915. The van der Waals surface area contributed by atoms with E-state index in [1.54, 1.807) is 6.92 Å². The van der Waals surface area contributed by atoms with E-state index in [-0.39, 0.29) is 4.90 Å². The summed E-state index contributed by atoms with van der Waals surface area (Å²) in [4.78, 5) is 0.0820. The predicted octanol–water partition coefficient (Wildman–Crippen LogP) is 2.83. The van der Waals surface area contributed by atoms with Crippen molar-refractivity contribution in [3.8, 4) is 0 Å². The van der Waals surface area contributed by atoms with Gasteiger partial charge in [0.2, 0.25) is 0 Å². The summed E-state index contributed by atoms with van der Waals surface area (Å²) in [6.07, 6.45) is 1.24. The minimum Gasteiger partial charge on any atom is -0.281 e. The molecule has 0 aliphatic carbocycles. The first kappa shape index (κ1) is 13.2. The lowest BCUT2D eigenvalue weighted by atomic mass is 10.3. The van der Waals surface area contributed by atoms with E-state index < -0.39 is 10.0 Å². The van der Waals surface area contributed by atoms with Gasteiger partial charge in [0, 0.05) is 10.0 Å². The zero-order valence-electron chi connectivity index (χ0n) is 9.24. The van der Waals surface area contributed by atoms with Gasteiger partial charge in [0.25, 0.3) is 10.0 Å². The molecule has 2 rings (SSSR count). The standard InChI is InChI=1S/C10H9Cl2N3O2S/c1-6-10(5-13-14-6)18(16,17)15-9-3-7(11)2-8(12)4-9/h2-5,15H,1H3,(H,13,14). The number of aromatic nitrogens is 2. The van der Waals surface area contributed by atoms with Crippen LogP contribution >= 0.6 is 23.2 Å². The first-order valence-corrected chi connectivity index (χ1v) is 7.11.